The highest BCUT2D eigenvalue weighted by Crippen LogP contribution is 2.47. The normalized spacial score (nSPS) is 31.0. The van der Waals surface area contributed by atoms with Crippen molar-refractivity contribution in [2.24, 2.45) is 22.1 Å². The number of benzene rings is 2. The SMILES string of the molecule is COCC1(COC)Cn2cc(C(=O)NS3(=O)=NC(=O)c4ccc5c(c4)N(CC4CCC4C(O)/C=C/CC(C)C3C)CC3(CCCc4cc(Cl)ccc43)CO5)cc2CO1. The number of ether oxygens (including phenoxy) is 4. The molecule has 1 fully saturated rings. The number of aliphatic hydroxyl groups is 1. The number of aromatic nitrogens is 1. The van der Waals surface area contributed by atoms with Crippen LogP contribution in [0.4, 0.5) is 5.69 Å². The van der Waals surface area contributed by atoms with E-state index in [-0.39, 0.29) is 40.9 Å². The summed E-state index contributed by atoms with van der Waals surface area (Å²) in [6.07, 6.45) is 10.1. The van der Waals surface area contributed by atoms with Gasteiger partial charge < -0.3 is 33.5 Å². The van der Waals surface area contributed by atoms with Crippen molar-refractivity contribution in [3.8, 4) is 5.75 Å². The smallest absolute Gasteiger partial charge is 0.286 e. The van der Waals surface area contributed by atoms with E-state index in [1.807, 2.05) is 35.8 Å². The minimum absolute atomic E-state index is 0.0778. The number of aliphatic hydroxyl groups excluding tert-OH is 1. The Labute approximate surface area is 346 Å². The van der Waals surface area contributed by atoms with Gasteiger partial charge in [0.05, 0.1) is 55.6 Å². The third kappa shape index (κ3) is 7.86. The Morgan fingerprint density at radius 2 is 1.91 bits per heavy atom. The molecule has 2 bridgehead atoms. The van der Waals surface area contributed by atoms with Crippen molar-refractivity contribution in [1.29, 1.82) is 0 Å². The lowest BCUT2D eigenvalue weighted by Gasteiger charge is -2.45. The van der Waals surface area contributed by atoms with Crippen LogP contribution in [0.2, 0.25) is 5.02 Å². The average Bonchev–Trinajstić information content (AvgIpc) is 3.54. The van der Waals surface area contributed by atoms with Gasteiger partial charge in [0, 0.05) is 55.2 Å². The molecule has 12 nitrogen and oxygen atoms in total. The number of hydrogen-bond donors (Lipinski definition) is 2. The fraction of sp³-hybridized carbons (Fsp3) is 0.545. The first kappa shape index (κ1) is 41.0. The zero-order valence-corrected chi connectivity index (χ0v) is 35.4. The van der Waals surface area contributed by atoms with E-state index in [2.05, 4.69) is 26.1 Å². The predicted octanol–water partition coefficient (Wildman–Crippen LogP) is 6.50. The molecule has 2 N–H and O–H groups in total. The quantitative estimate of drug-likeness (QED) is 0.267. The molecule has 7 atom stereocenters. The van der Waals surface area contributed by atoms with Gasteiger partial charge in [0.25, 0.3) is 11.8 Å². The largest absolute Gasteiger partial charge is 0.490 e. The third-order valence-corrected chi connectivity index (χ3v) is 15.9. The van der Waals surface area contributed by atoms with E-state index in [1.54, 1.807) is 45.5 Å². The molecule has 1 saturated carbocycles. The molecule has 3 aromatic rings. The second kappa shape index (κ2) is 16.4. The standard InChI is InChI=1S/C44H55ClN4O8S/c1-28-7-5-9-39(50)36-13-10-32(36)20-49-23-43(16-6-8-30-17-34(45)12-14-37(30)43)25-56-40-15-11-31(19-38(40)49)41(51)46-58(53,29(28)2)47-42(52)33-18-35-22-57-44(26-54-3,27-55-4)24-48(35)21-33/h5,9,11-12,14-15,17-19,21,28-29,32,36,39,50H,6-8,10,13,16,20,22-27H2,1-4H3,(H,46,47,51,52,53)/b9-5+. The van der Waals surface area contributed by atoms with Gasteiger partial charge in [-0.2, -0.15) is 0 Å². The molecular formula is C44H55ClN4O8S. The summed E-state index contributed by atoms with van der Waals surface area (Å²) in [7, 11) is -0.511. The third-order valence-electron chi connectivity index (χ3n) is 13.3. The molecular weight excluding hydrogens is 780 g/mol. The molecule has 3 aliphatic heterocycles. The van der Waals surface area contributed by atoms with Gasteiger partial charge in [-0.25, -0.2) is 4.21 Å². The van der Waals surface area contributed by atoms with Gasteiger partial charge in [0.15, 0.2) is 0 Å². The van der Waals surface area contributed by atoms with E-state index < -0.39 is 38.7 Å². The Morgan fingerprint density at radius 3 is 2.67 bits per heavy atom. The number of carbonyl (C=O) groups excluding carboxylic acids is 2. The summed E-state index contributed by atoms with van der Waals surface area (Å²) < 4.78 is 47.9. The second-order valence-electron chi connectivity index (χ2n) is 17.2. The number of nitrogens with zero attached hydrogens (tertiary/aromatic N) is 3. The molecule has 7 unspecified atom stereocenters. The Balaban J connectivity index is 1.16. The van der Waals surface area contributed by atoms with Crippen molar-refractivity contribution in [2.45, 2.75) is 87.9 Å². The van der Waals surface area contributed by atoms with Crippen molar-refractivity contribution in [2.75, 3.05) is 52.0 Å². The van der Waals surface area contributed by atoms with Crippen LogP contribution in [0.1, 0.15) is 83.5 Å². The summed E-state index contributed by atoms with van der Waals surface area (Å²) in [4.78, 5) is 30.7. The number of halogens is 1. The number of carbonyl (C=O) groups is 2. The minimum atomic E-state index is -3.71. The van der Waals surface area contributed by atoms with E-state index in [0.717, 1.165) is 48.5 Å². The highest BCUT2D eigenvalue weighted by atomic mass is 35.5. The first-order chi connectivity index (χ1) is 27.8. The van der Waals surface area contributed by atoms with Gasteiger partial charge >= 0.3 is 0 Å². The maximum atomic E-state index is 15.1. The van der Waals surface area contributed by atoms with Crippen LogP contribution in [-0.4, -0.2) is 89.8 Å². The maximum Gasteiger partial charge on any atom is 0.286 e. The summed E-state index contributed by atoms with van der Waals surface area (Å²) >= 11 is 6.47. The van der Waals surface area contributed by atoms with E-state index in [0.29, 0.717) is 51.6 Å². The summed E-state index contributed by atoms with van der Waals surface area (Å²) in [6, 6.07) is 13.1. The van der Waals surface area contributed by atoms with Crippen LogP contribution in [0.5, 0.6) is 5.75 Å². The molecule has 0 radical (unpaired) electrons. The number of aryl methyl sites for hydroxylation is 1. The highest BCUT2D eigenvalue weighted by Gasteiger charge is 2.44. The molecule has 5 aliphatic rings. The molecule has 0 saturated heterocycles. The monoisotopic (exact) mass is 834 g/mol. The van der Waals surface area contributed by atoms with Crippen molar-refractivity contribution in [3.05, 3.63) is 93.8 Å². The molecule has 8 rings (SSSR count). The number of amides is 2. The van der Waals surface area contributed by atoms with Crippen LogP contribution in [0.15, 0.2) is 65.2 Å². The van der Waals surface area contributed by atoms with Crippen molar-refractivity contribution < 1.29 is 37.9 Å². The summed E-state index contributed by atoms with van der Waals surface area (Å²) in [5, 5.41) is 11.5. The zero-order chi connectivity index (χ0) is 40.8. The number of allylic oxidation sites excluding steroid dienone is 1. The molecule has 4 heterocycles. The van der Waals surface area contributed by atoms with Crippen LogP contribution in [0, 0.1) is 17.8 Å². The lowest BCUT2D eigenvalue weighted by molar-refractivity contribution is -0.153. The molecule has 312 valence electrons. The van der Waals surface area contributed by atoms with Crippen LogP contribution >= 0.6 is 11.6 Å². The van der Waals surface area contributed by atoms with Crippen LogP contribution < -0.4 is 14.4 Å². The Bertz CT molecular complexity index is 2210. The van der Waals surface area contributed by atoms with Gasteiger partial charge in [0.1, 0.15) is 21.3 Å². The summed E-state index contributed by atoms with van der Waals surface area (Å²) in [5.74, 6) is -0.585. The van der Waals surface area contributed by atoms with Crippen LogP contribution in [0.25, 0.3) is 0 Å². The zero-order valence-electron chi connectivity index (χ0n) is 33.8. The van der Waals surface area contributed by atoms with Gasteiger partial charge in [-0.05, 0) is 111 Å². The summed E-state index contributed by atoms with van der Waals surface area (Å²) in [5.41, 5.74) is 3.49. The van der Waals surface area contributed by atoms with E-state index in [4.69, 9.17) is 30.5 Å². The van der Waals surface area contributed by atoms with Crippen LogP contribution in [0.3, 0.4) is 0 Å². The highest BCUT2D eigenvalue weighted by molar-refractivity contribution is 7.93. The molecule has 58 heavy (non-hydrogen) atoms. The fourth-order valence-corrected chi connectivity index (χ4v) is 11.8. The molecule has 2 aliphatic carbocycles. The van der Waals surface area contributed by atoms with Crippen molar-refractivity contribution in [1.82, 2.24) is 9.29 Å². The van der Waals surface area contributed by atoms with E-state index >= 15 is 4.21 Å². The van der Waals surface area contributed by atoms with Crippen LogP contribution in [-0.2, 0) is 49.1 Å². The predicted molar refractivity (Wildman–Crippen MR) is 223 cm³/mol. The number of nitrogens with one attached hydrogen (secondary N) is 1. The van der Waals surface area contributed by atoms with E-state index in [9.17, 15) is 14.7 Å². The maximum absolute atomic E-state index is 15.1. The lowest BCUT2D eigenvalue weighted by Crippen LogP contribution is -2.49. The fourth-order valence-electron chi connectivity index (χ4n) is 9.72. The lowest BCUT2D eigenvalue weighted by atomic mass is 9.68. The van der Waals surface area contributed by atoms with Gasteiger partial charge in [0.2, 0.25) is 0 Å². The topological polar surface area (TPSA) is 141 Å². The molecule has 2 amide bonds. The van der Waals surface area contributed by atoms with Gasteiger partial charge in [-0.15, -0.1) is 4.36 Å². The Kier molecular flexibility index (Phi) is 11.6. The molecule has 2 aromatic carbocycles. The Morgan fingerprint density at radius 1 is 1.10 bits per heavy atom. The number of hydrogen-bond acceptors (Lipinski definition) is 9. The molecule has 1 aromatic heterocycles. The molecule has 14 heteroatoms. The molecule has 1 spiro atoms. The van der Waals surface area contributed by atoms with Crippen molar-refractivity contribution in [3.63, 3.8) is 0 Å². The van der Waals surface area contributed by atoms with E-state index in [1.165, 1.54) is 11.1 Å². The summed E-state index contributed by atoms with van der Waals surface area (Å²) in [6.45, 7) is 6.70. The van der Waals surface area contributed by atoms with Crippen molar-refractivity contribution >= 4 is 39.0 Å². The first-order valence-corrected chi connectivity index (χ1v) is 22.4. The number of fused-ring (bicyclic) bond motifs is 5. The number of methoxy groups -OCH3 is 2. The number of anilines is 1. The first-order valence-electron chi connectivity index (χ1n) is 20.4. The Hall–Kier alpha value is -3.72. The minimum Gasteiger partial charge on any atom is -0.490 e. The average molecular weight is 835 g/mol. The van der Waals surface area contributed by atoms with Gasteiger partial charge in [-0.1, -0.05) is 36.7 Å². The van der Waals surface area contributed by atoms with Gasteiger partial charge in [-0.3, -0.25) is 14.3 Å². The number of rotatable bonds is 6. The second-order valence-corrected chi connectivity index (χ2v) is 19.9.